The van der Waals surface area contributed by atoms with E-state index >= 15 is 0 Å². The number of hydrogen-bond donors (Lipinski definition) is 1. The number of carbonyl (C=O) groups is 1. The molecule has 0 aliphatic rings. The van der Waals surface area contributed by atoms with Crippen molar-refractivity contribution >= 4 is 5.91 Å². The highest BCUT2D eigenvalue weighted by molar-refractivity contribution is 5.73. The third-order valence-corrected chi connectivity index (χ3v) is 0.941. The predicted octanol–water partition coefficient (Wildman–Crippen LogP) is 0.903. The topological polar surface area (TPSA) is 29.1 Å². The summed E-state index contributed by atoms with van der Waals surface area (Å²) in [5, 5.41) is 2.62. The molecule has 0 radical (unpaired) electrons. The Morgan fingerprint density at radius 3 is 2.67 bits per heavy atom. The molecule has 0 spiro atoms. The molecule has 2 heteroatoms. The van der Waals surface area contributed by atoms with Crippen LogP contribution >= 0.6 is 0 Å². The lowest BCUT2D eigenvalue weighted by atomic mass is 10.2. The largest absolute Gasteiger partial charge is 0.352 e. The van der Waals surface area contributed by atoms with E-state index in [4.69, 9.17) is 0 Å². The Morgan fingerprint density at radius 2 is 2.33 bits per heavy atom. The van der Waals surface area contributed by atoms with Gasteiger partial charge < -0.3 is 5.32 Å². The SMILES string of the molecule is C=C(C[CH2+])CNC(C)=O. The van der Waals surface area contributed by atoms with Crippen LogP contribution in [-0.2, 0) is 4.79 Å². The normalized spacial score (nSPS) is 8.56. The molecule has 0 aliphatic carbocycles. The van der Waals surface area contributed by atoms with Crippen molar-refractivity contribution in [3.8, 4) is 0 Å². The van der Waals surface area contributed by atoms with Crippen molar-refractivity contribution in [1.29, 1.82) is 0 Å². The summed E-state index contributed by atoms with van der Waals surface area (Å²) in [5.74, 6) is -0.0235. The van der Waals surface area contributed by atoms with Crippen LogP contribution in [0.4, 0.5) is 0 Å². The van der Waals surface area contributed by atoms with Crippen LogP contribution in [0.2, 0.25) is 0 Å². The molecular weight excluding hydrogens is 114 g/mol. The van der Waals surface area contributed by atoms with Crippen LogP contribution in [0, 0.1) is 6.92 Å². The van der Waals surface area contributed by atoms with Crippen LogP contribution in [0.3, 0.4) is 0 Å². The van der Waals surface area contributed by atoms with Crippen molar-refractivity contribution in [2.24, 2.45) is 0 Å². The molecule has 0 aliphatic heterocycles. The van der Waals surface area contributed by atoms with Gasteiger partial charge in [-0.1, -0.05) is 6.58 Å². The predicted molar refractivity (Wildman–Crippen MR) is 37.8 cm³/mol. The fourth-order valence-electron chi connectivity index (χ4n) is 0.338. The Bertz CT molecular complexity index is 118. The molecule has 9 heavy (non-hydrogen) atoms. The van der Waals surface area contributed by atoms with E-state index in [1.165, 1.54) is 6.92 Å². The maximum Gasteiger partial charge on any atom is 0.217 e. The first-order valence-corrected chi connectivity index (χ1v) is 2.87. The summed E-state index contributed by atoms with van der Waals surface area (Å²) in [6.07, 6.45) is 0.681. The molecular formula is C7H12NO+. The van der Waals surface area contributed by atoms with E-state index in [0.717, 1.165) is 5.57 Å². The van der Waals surface area contributed by atoms with Gasteiger partial charge in [0.2, 0.25) is 5.91 Å². The molecule has 0 unspecified atom stereocenters. The molecule has 50 valence electrons. The lowest BCUT2D eigenvalue weighted by molar-refractivity contribution is -0.118. The second-order valence-electron chi connectivity index (χ2n) is 1.91. The minimum atomic E-state index is -0.0235. The van der Waals surface area contributed by atoms with Crippen LogP contribution in [0.1, 0.15) is 13.3 Å². The second-order valence-corrected chi connectivity index (χ2v) is 1.91. The summed E-state index contributed by atoms with van der Waals surface area (Å²) < 4.78 is 0. The first kappa shape index (κ1) is 8.08. The van der Waals surface area contributed by atoms with Crippen LogP contribution in [-0.4, -0.2) is 12.5 Å². The number of hydrogen-bond acceptors (Lipinski definition) is 1. The van der Waals surface area contributed by atoms with Gasteiger partial charge in [0.25, 0.3) is 0 Å². The quantitative estimate of drug-likeness (QED) is 0.442. The minimum Gasteiger partial charge on any atom is -0.352 e. The molecule has 0 aromatic carbocycles. The zero-order valence-electron chi connectivity index (χ0n) is 5.74. The Morgan fingerprint density at radius 1 is 1.78 bits per heavy atom. The van der Waals surface area contributed by atoms with E-state index in [0.29, 0.717) is 13.0 Å². The summed E-state index contributed by atoms with van der Waals surface area (Å²) in [6, 6.07) is 0. The van der Waals surface area contributed by atoms with Gasteiger partial charge in [-0.25, -0.2) is 0 Å². The Hall–Kier alpha value is -0.920. The zero-order chi connectivity index (χ0) is 7.28. The smallest absolute Gasteiger partial charge is 0.217 e. The first-order valence-electron chi connectivity index (χ1n) is 2.87. The molecule has 1 N–H and O–H groups in total. The summed E-state index contributed by atoms with van der Waals surface area (Å²) in [6.45, 7) is 9.32. The van der Waals surface area contributed by atoms with Gasteiger partial charge in [0, 0.05) is 13.5 Å². The van der Waals surface area contributed by atoms with Crippen molar-refractivity contribution in [1.82, 2.24) is 5.32 Å². The number of rotatable bonds is 3. The highest BCUT2D eigenvalue weighted by atomic mass is 16.1. The monoisotopic (exact) mass is 126 g/mol. The molecule has 1 amide bonds. The molecule has 0 atom stereocenters. The van der Waals surface area contributed by atoms with Gasteiger partial charge in [-0.3, -0.25) is 4.79 Å². The molecule has 0 fully saturated rings. The second kappa shape index (κ2) is 4.01. The van der Waals surface area contributed by atoms with E-state index in [1.54, 1.807) is 0 Å². The van der Waals surface area contributed by atoms with E-state index in [1.807, 2.05) is 0 Å². The van der Waals surface area contributed by atoms with Gasteiger partial charge in [0.15, 0.2) is 0 Å². The molecule has 0 bridgehead atoms. The highest BCUT2D eigenvalue weighted by Crippen LogP contribution is 1.91. The van der Waals surface area contributed by atoms with Crippen LogP contribution in [0.15, 0.2) is 12.2 Å². The molecule has 0 aromatic heterocycles. The van der Waals surface area contributed by atoms with Gasteiger partial charge in [-0.2, -0.15) is 0 Å². The van der Waals surface area contributed by atoms with Gasteiger partial charge in [0.1, 0.15) is 6.42 Å². The first-order chi connectivity index (χ1) is 4.16. The zero-order valence-corrected chi connectivity index (χ0v) is 5.74. The van der Waals surface area contributed by atoms with Gasteiger partial charge in [-0.05, 0) is 5.57 Å². The Balaban J connectivity index is 3.28. The van der Waals surface area contributed by atoms with Crippen LogP contribution in [0.25, 0.3) is 0 Å². The summed E-state index contributed by atoms with van der Waals surface area (Å²) >= 11 is 0. The average Bonchev–Trinajstić information content (AvgIpc) is 1.83. The van der Waals surface area contributed by atoms with Gasteiger partial charge in [-0.15, -0.1) is 0 Å². The molecule has 0 heterocycles. The van der Waals surface area contributed by atoms with Gasteiger partial charge in [0.05, 0.1) is 6.92 Å². The lowest BCUT2D eigenvalue weighted by Crippen LogP contribution is -2.21. The van der Waals surface area contributed by atoms with Crippen molar-refractivity contribution < 1.29 is 4.79 Å². The molecule has 0 rings (SSSR count). The third kappa shape index (κ3) is 4.94. The molecule has 0 saturated carbocycles. The minimum absolute atomic E-state index is 0.0235. The average molecular weight is 126 g/mol. The Kier molecular flexibility index (Phi) is 3.60. The van der Waals surface area contributed by atoms with E-state index in [-0.39, 0.29) is 5.91 Å². The Labute approximate surface area is 56.0 Å². The maximum atomic E-state index is 10.3. The van der Waals surface area contributed by atoms with E-state index < -0.39 is 0 Å². The standard InChI is InChI=1S/C7H11NO/c1-4-6(2)5-8-7(3)9/h1-2,4-5H2,3H3/p+1. The van der Waals surface area contributed by atoms with E-state index in [2.05, 4.69) is 18.8 Å². The summed E-state index contributed by atoms with van der Waals surface area (Å²) in [5.41, 5.74) is 0.949. The number of amides is 1. The highest BCUT2D eigenvalue weighted by Gasteiger charge is 1.94. The van der Waals surface area contributed by atoms with Gasteiger partial charge >= 0.3 is 0 Å². The summed E-state index contributed by atoms with van der Waals surface area (Å²) in [4.78, 5) is 10.3. The van der Waals surface area contributed by atoms with Crippen LogP contribution < -0.4 is 5.32 Å². The van der Waals surface area contributed by atoms with Crippen molar-refractivity contribution in [2.45, 2.75) is 13.3 Å². The molecule has 0 aromatic rings. The van der Waals surface area contributed by atoms with Crippen molar-refractivity contribution in [3.63, 3.8) is 0 Å². The lowest BCUT2D eigenvalue weighted by Gasteiger charge is -1.98. The fraction of sp³-hybridized carbons (Fsp3) is 0.429. The van der Waals surface area contributed by atoms with Crippen LogP contribution in [0.5, 0.6) is 0 Å². The van der Waals surface area contributed by atoms with Crippen molar-refractivity contribution in [3.05, 3.63) is 19.1 Å². The fourth-order valence-corrected chi connectivity index (χ4v) is 0.338. The third-order valence-electron chi connectivity index (χ3n) is 0.941. The summed E-state index contributed by atoms with van der Waals surface area (Å²) in [7, 11) is 0. The molecule has 2 nitrogen and oxygen atoms in total. The number of carbonyl (C=O) groups excluding carboxylic acids is 1. The maximum absolute atomic E-state index is 10.3. The van der Waals surface area contributed by atoms with Crippen molar-refractivity contribution in [2.75, 3.05) is 6.54 Å². The molecule has 0 saturated heterocycles. The van der Waals surface area contributed by atoms with E-state index in [9.17, 15) is 4.79 Å². The number of nitrogens with one attached hydrogen (secondary N) is 1.